The van der Waals surface area contributed by atoms with Gasteiger partial charge in [-0.2, -0.15) is 0 Å². The lowest BCUT2D eigenvalue weighted by Gasteiger charge is -2.20. The van der Waals surface area contributed by atoms with E-state index in [9.17, 15) is 14.7 Å². The molecule has 5 N–H and O–H groups in total. The van der Waals surface area contributed by atoms with Crippen molar-refractivity contribution in [3.8, 4) is 22.3 Å². The summed E-state index contributed by atoms with van der Waals surface area (Å²) in [4.78, 5) is 30.6. The number of hydrogen-bond donors (Lipinski definition) is 4. The molecule has 1 atom stereocenters. The third kappa shape index (κ3) is 4.49. The van der Waals surface area contributed by atoms with Gasteiger partial charge in [-0.25, -0.2) is 9.78 Å². The van der Waals surface area contributed by atoms with Gasteiger partial charge in [-0.05, 0) is 59.9 Å². The molecule has 168 valence electrons. The molecule has 2 heterocycles. The lowest BCUT2D eigenvalue weighted by molar-refractivity contribution is -0.111. The van der Waals surface area contributed by atoms with E-state index in [2.05, 4.69) is 21.4 Å². The van der Waals surface area contributed by atoms with Gasteiger partial charge in [0.2, 0.25) is 0 Å². The monoisotopic (exact) mass is 442 g/mol. The molecule has 33 heavy (non-hydrogen) atoms. The van der Waals surface area contributed by atoms with Gasteiger partial charge < -0.3 is 21.1 Å². The van der Waals surface area contributed by atoms with Crippen molar-refractivity contribution in [2.75, 3.05) is 5.32 Å². The van der Waals surface area contributed by atoms with Gasteiger partial charge in [-0.3, -0.25) is 4.79 Å². The number of nitrogens with zero attached hydrogens (tertiary/aromatic N) is 1. The normalized spacial score (nSPS) is 13.1. The van der Waals surface area contributed by atoms with Gasteiger partial charge >= 0.3 is 5.97 Å². The number of H-pyrrole nitrogens is 1. The van der Waals surface area contributed by atoms with Crippen molar-refractivity contribution in [2.45, 2.75) is 32.4 Å². The van der Waals surface area contributed by atoms with E-state index >= 15 is 0 Å². The fourth-order valence-corrected chi connectivity index (χ4v) is 3.92. The molecule has 0 aliphatic rings. The topological polar surface area (TPSA) is 121 Å². The molecular weight excluding hydrogens is 416 g/mol. The van der Waals surface area contributed by atoms with E-state index in [4.69, 9.17) is 5.73 Å². The number of fused-ring (bicyclic) bond motifs is 1. The summed E-state index contributed by atoms with van der Waals surface area (Å²) >= 11 is 0. The van der Waals surface area contributed by atoms with Crippen LogP contribution >= 0.6 is 0 Å². The molecule has 0 radical (unpaired) electrons. The Kier molecular flexibility index (Phi) is 5.74. The van der Waals surface area contributed by atoms with Crippen molar-refractivity contribution in [3.05, 3.63) is 72.1 Å². The van der Waals surface area contributed by atoms with Crippen LogP contribution in [0.1, 0.15) is 42.6 Å². The number of carbonyl (C=O) groups is 2. The number of rotatable bonds is 7. The van der Waals surface area contributed by atoms with Gasteiger partial charge in [0.15, 0.2) is 6.29 Å². The predicted octanol–water partition coefficient (Wildman–Crippen LogP) is 5.00. The second-order valence-electron chi connectivity index (χ2n) is 8.69. The number of hydrogen-bond acceptors (Lipinski definition) is 5. The molecule has 0 fully saturated rings. The third-order valence-electron chi connectivity index (χ3n) is 5.60. The predicted molar refractivity (Wildman–Crippen MR) is 130 cm³/mol. The van der Waals surface area contributed by atoms with Crippen LogP contribution in [0.5, 0.6) is 0 Å². The number of aromatic carboxylic acids is 1. The molecule has 0 aliphatic heterocycles. The Morgan fingerprint density at radius 2 is 1.94 bits per heavy atom. The first kappa shape index (κ1) is 22.2. The van der Waals surface area contributed by atoms with Crippen molar-refractivity contribution in [3.63, 3.8) is 0 Å². The van der Waals surface area contributed by atoms with Gasteiger partial charge in [-0.1, -0.05) is 32.0 Å². The average molecular weight is 443 g/mol. The Labute approximate surface area is 191 Å². The van der Waals surface area contributed by atoms with Crippen LogP contribution in [0.15, 0.2) is 60.9 Å². The van der Waals surface area contributed by atoms with Crippen LogP contribution in [-0.2, 0) is 4.79 Å². The van der Waals surface area contributed by atoms with Gasteiger partial charge in [-0.15, -0.1) is 0 Å². The molecule has 0 spiro atoms. The Balaban J connectivity index is 1.78. The SMILES string of the molecule is CC(C)c1cc(-c2c[nH]c3ncc(-c4cccc(N[C@](C)(N)C=O)c4)cc23)ccc1C(=O)O. The minimum atomic E-state index is -1.16. The zero-order valence-electron chi connectivity index (χ0n) is 18.7. The Morgan fingerprint density at radius 1 is 1.15 bits per heavy atom. The molecule has 2 aromatic carbocycles. The zero-order valence-corrected chi connectivity index (χ0v) is 18.7. The van der Waals surface area contributed by atoms with Gasteiger partial charge in [0, 0.05) is 34.6 Å². The minimum absolute atomic E-state index is 0.0739. The number of carbonyl (C=O) groups excluding carboxylic acids is 1. The molecule has 4 aromatic rings. The number of benzene rings is 2. The van der Waals surface area contributed by atoms with Crippen LogP contribution in [0.3, 0.4) is 0 Å². The lowest BCUT2D eigenvalue weighted by atomic mass is 9.92. The molecule has 4 rings (SSSR count). The first-order valence-electron chi connectivity index (χ1n) is 10.7. The van der Waals surface area contributed by atoms with Gasteiger partial charge in [0.25, 0.3) is 0 Å². The van der Waals surface area contributed by atoms with Crippen LogP contribution in [0.4, 0.5) is 5.69 Å². The number of aldehydes is 1. The molecular formula is C26H26N4O3. The maximum absolute atomic E-state index is 11.6. The van der Waals surface area contributed by atoms with Gasteiger partial charge in [0.05, 0.1) is 5.56 Å². The smallest absolute Gasteiger partial charge is 0.335 e. The summed E-state index contributed by atoms with van der Waals surface area (Å²) in [5.74, 6) is -0.852. The fourth-order valence-electron chi connectivity index (χ4n) is 3.92. The molecule has 0 aliphatic carbocycles. The zero-order chi connectivity index (χ0) is 23.8. The number of pyridine rings is 1. The lowest BCUT2D eigenvalue weighted by Crippen LogP contribution is -2.46. The summed E-state index contributed by atoms with van der Waals surface area (Å²) in [6, 6.07) is 15.1. The highest BCUT2D eigenvalue weighted by Crippen LogP contribution is 2.34. The van der Waals surface area contributed by atoms with Crippen molar-refractivity contribution >= 4 is 29.0 Å². The van der Waals surface area contributed by atoms with E-state index in [1.165, 1.54) is 0 Å². The number of aromatic amines is 1. The summed E-state index contributed by atoms with van der Waals surface area (Å²) < 4.78 is 0. The van der Waals surface area contributed by atoms with Crippen LogP contribution in [0.25, 0.3) is 33.3 Å². The summed E-state index contributed by atoms with van der Waals surface area (Å²) in [6.45, 7) is 5.57. The van der Waals surface area contributed by atoms with Crippen molar-refractivity contribution in [1.82, 2.24) is 9.97 Å². The largest absolute Gasteiger partial charge is 0.478 e. The highest BCUT2D eigenvalue weighted by molar-refractivity contribution is 5.97. The van der Waals surface area contributed by atoms with Crippen molar-refractivity contribution in [1.29, 1.82) is 0 Å². The van der Waals surface area contributed by atoms with Crippen LogP contribution in [-0.4, -0.2) is 33.0 Å². The van der Waals surface area contributed by atoms with Crippen molar-refractivity contribution in [2.24, 2.45) is 5.73 Å². The summed E-state index contributed by atoms with van der Waals surface area (Å²) in [6.07, 6.45) is 4.35. The number of carboxylic acid groups (broad SMARTS) is 1. The van der Waals surface area contributed by atoms with Crippen molar-refractivity contribution < 1.29 is 14.7 Å². The molecule has 0 saturated carbocycles. The van der Waals surface area contributed by atoms with Crippen LogP contribution in [0.2, 0.25) is 0 Å². The molecule has 0 amide bonds. The van der Waals surface area contributed by atoms with Gasteiger partial charge in [0.1, 0.15) is 11.3 Å². The minimum Gasteiger partial charge on any atom is -0.478 e. The first-order chi connectivity index (χ1) is 15.7. The molecule has 0 unspecified atom stereocenters. The highest BCUT2D eigenvalue weighted by atomic mass is 16.4. The summed E-state index contributed by atoms with van der Waals surface area (Å²) in [7, 11) is 0. The van der Waals surface area contributed by atoms with E-state index in [1.54, 1.807) is 19.2 Å². The summed E-state index contributed by atoms with van der Waals surface area (Å²) in [5.41, 5.74) is 11.0. The Morgan fingerprint density at radius 3 is 2.64 bits per heavy atom. The average Bonchev–Trinajstić information content (AvgIpc) is 3.21. The van der Waals surface area contributed by atoms with E-state index < -0.39 is 11.6 Å². The fraction of sp³-hybridized carbons (Fsp3) is 0.192. The first-order valence-corrected chi connectivity index (χ1v) is 10.7. The number of anilines is 1. The molecule has 0 saturated heterocycles. The second-order valence-corrected chi connectivity index (χ2v) is 8.69. The standard InChI is InChI=1S/C26H26N4O3/c1-15(2)21-10-17(7-8-20(21)25(32)33)23-13-29-24-22(23)11-18(12-28-24)16-5-4-6-19(9-16)30-26(3,27)14-31/h4-15,30H,27H2,1-3H3,(H,28,29)(H,32,33)/t26-/m0/s1. The second kappa shape index (κ2) is 8.52. The van der Waals surface area contributed by atoms with E-state index in [1.807, 2.05) is 56.4 Å². The number of aromatic nitrogens is 2. The molecule has 0 bridgehead atoms. The number of nitrogens with one attached hydrogen (secondary N) is 2. The van der Waals surface area contributed by atoms with Crippen LogP contribution in [0, 0.1) is 0 Å². The van der Waals surface area contributed by atoms with E-state index in [-0.39, 0.29) is 5.92 Å². The summed E-state index contributed by atoms with van der Waals surface area (Å²) in [5, 5.41) is 13.5. The Bertz CT molecular complexity index is 1350. The van der Waals surface area contributed by atoms with E-state index in [0.717, 1.165) is 44.5 Å². The van der Waals surface area contributed by atoms with E-state index in [0.29, 0.717) is 11.8 Å². The maximum atomic E-state index is 11.6. The number of nitrogens with two attached hydrogens (primary N) is 1. The Hall–Kier alpha value is -3.97. The number of carboxylic acids is 1. The maximum Gasteiger partial charge on any atom is 0.335 e. The quantitative estimate of drug-likeness (QED) is 0.236. The molecule has 2 aromatic heterocycles. The highest BCUT2D eigenvalue weighted by Gasteiger charge is 2.18. The molecule has 7 heteroatoms. The molecule has 7 nitrogen and oxygen atoms in total. The van der Waals surface area contributed by atoms with Crippen LogP contribution < -0.4 is 11.1 Å². The third-order valence-corrected chi connectivity index (χ3v) is 5.60.